The van der Waals surface area contributed by atoms with Gasteiger partial charge in [0.1, 0.15) is 0 Å². The van der Waals surface area contributed by atoms with E-state index in [0.717, 1.165) is 51.4 Å². The molecule has 0 spiro atoms. The molecule has 1 aromatic carbocycles. The molecule has 8 heteroatoms. The fourth-order valence-electron chi connectivity index (χ4n) is 18.1. The van der Waals surface area contributed by atoms with Gasteiger partial charge >= 0.3 is 0 Å². The van der Waals surface area contributed by atoms with Gasteiger partial charge in [0.2, 0.25) is 23.6 Å². The van der Waals surface area contributed by atoms with Crippen LogP contribution in [-0.2, 0) is 28.7 Å². The molecular weight excluding hydrogens is 1010 g/mol. The number of fused-ring (bicyclic) bond motifs is 18. The highest BCUT2D eigenvalue weighted by Gasteiger charge is 2.64. The molecule has 4 bridgehead atoms. The van der Waals surface area contributed by atoms with Gasteiger partial charge in [0.15, 0.2) is 0 Å². The van der Waals surface area contributed by atoms with E-state index in [2.05, 4.69) is 39.8 Å². The summed E-state index contributed by atoms with van der Waals surface area (Å²) < 4.78 is 13.9. The lowest BCUT2D eigenvalue weighted by atomic mass is 9.60. The molecule has 462 valence electrons. The highest BCUT2D eigenvalue weighted by atomic mass is 16.5. The molecule has 82 heavy (non-hydrogen) atoms. The standard InChI is InChI=1S/C74H120N2O6/c1-5-9-13-17-21-25-27-31-35-39-43-53(41-37-33-29-23-19-15-11-7-3)51-75-71(77)63-47-59-60(48-64(63)72(75)78)68-56-46-58-57(45-55(56)67(59)81-68)69-61-49-65-66(50-62(61)70(58)82-69)74(80)76(73(65)79)52-54(42-38-34-30-24-20-16-12-8-4)44-40-36-32-28-26-22-18-14-10-6-2/h45-46,53-54,59-70H,5-44,47-52H2,1-4H3. The fraction of sp³-hybridized carbons (Fsp3) is 0.865. The fourth-order valence-corrected chi connectivity index (χ4v) is 18.1. The summed E-state index contributed by atoms with van der Waals surface area (Å²) >= 11 is 0. The first-order valence-corrected chi connectivity index (χ1v) is 36.5. The van der Waals surface area contributed by atoms with E-state index in [1.807, 2.05) is 0 Å². The molecule has 0 aromatic heterocycles. The lowest BCUT2D eigenvalue weighted by Gasteiger charge is -2.40. The number of hydrogen-bond acceptors (Lipinski definition) is 6. The summed E-state index contributed by atoms with van der Waals surface area (Å²) in [5.74, 6) is 1.29. The van der Waals surface area contributed by atoms with Crippen molar-refractivity contribution in [1.82, 2.24) is 9.80 Å². The van der Waals surface area contributed by atoms with Crippen LogP contribution >= 0.6 is 0 Å². The molecule has 2 aliphatic carbocycles. The Morgan fingerprint density at radius 1 is 0.317 bits per heavy atom. The van der Waals surface area contributed by atoms with E-state index in [-0.39, 0.29) is 95.4 Å². The minimum atomic E-state index is -0.225. The van der Waals surface area contributed by atoms with Crippen molar-refractivity contribution in [3.8, 4) is 0 Å². The van der Waals surface area contributed by atoms with Crippen LogP contribution in [0.1, 0.15) is 357 Å². The second-order valence-electron chi connectivity index (χ2n) is 28.9. The van der Waals surface area contributed by atoms with Crippen LogP contribution in [0.4, 0.5) is 0 Å². The number of amides is 4. The zero-order valence-corrected chi connectivity index (χ0v) is 53.1. The van der Waals surface area contributed by atoms with Crippen molar-refractivity contribution in [2.75, 3.05) is 13.1 Å². The first kappa shape index (κ1) is 63.9. The number of benzene rings is 1. The molecule has 8 nitrogen and oxygen atoms in total. The van der Waals surface area contributed by atoms with Gasteiger partial charge in [0.05, 0.1) is 48.1 Å². The Morgan fingerprint density at radius 2 is 0.512 bits per heavy atom. The summed E-state index contributed by atoms with van der Waals surface area (Å²) in [6.07, 6.45) is 54.7. The summed E-state index contributed by atoms with van der Waals surface area (Å²) in [4.78, 5) is 61.7. The number of carbonyl (C=O) groups is 4. The third kappa shape index (κ3) is 15.8. The number of likely N-dealkylation sites (tertiary alicyclic amines) is 2. The number of imide groups is 2. The molecule has 0 N–H and O–H groups in total. The number of rotatable bonds is 44. The predicted octanol–water partition coefficient (Wildman–Crippen LogP) is 20.1. The van der Waals surface area contributed by atoms with Gasteiger partial charge in [0.25, 0.3) is 0 Å². The first-order chi connectivity index (χ1) is 40.3. The van der Waals surface area contributed by atoms with E-state index in [1.54, 1.807) is 9.80 Å². The maximum absolute atomic E-state index is 14.5. The van der Waals surface area contributed by atoms with Gasteiger partial charge in [-0.05, 0) is 121 Å². The molecule has 0 radical (unpaired) electrons. The smallest absolute Gasteiger partial charge is 0.233 e. The molecule has 9 rings (SSSR count). The average Bonchev–Trinajstić information content (AvgIpc) is 2.61. The molecule has 4 saturated heterocycles. The molecule has 6 heterocycles. The SMILES string of the molecule is CCCCCCCCCCCCC(CCCCCCCCCC)CN1C(=O)C2CC3C4OC(c5cc6c(cc54)C4OC6C5CC6C(=O)N(CC(CCCCCCCCCC)CCCCCCCCCCCC)C(=O)C6CC45)C3CC2C1=O. The first-order valence-electron chi connectivity index (χ1n) is 36.5. The largest absolute Gasteiger partial charge is 0.365 e. The van der Waals surface area contributed by atoms with E-state index in [0.29, 0.717) is 24.9 Å². The van der Waals surface area contributed by atoms with Crippen molar-refractivity contribution >= 4 is 23.6 Å². The quantitative estimate of drug-likeness (QED) is 0.0477. The second kappa shape index (κ2) is 33.0. The molecule has 4 amide bonds. The highest BCUT2D eigenvalue weighted by molar-refractivity contribution is 6.06. The Morgan fingerprint density at radius 3 is 0.720 bits per heavy atom. The Hall–Kier alpha value is -2.58. The van der Waals surface area contributed by atoms with E-state index in [9.17, 15) is 19.2 Å². The van der Waals surface area contributed by atoms with E-state index >= 15 is 0 Å². The number of hydrogen-bond donors (Lipinski definition) is 0. The van der Waals surface area contributed by atoms with Gasteiger partial charge in [-0.2, -0.15) is 0 Å². The predicted molar refractivity (Wildman–Crippen MR) is 334 cm³/mol. The molecule has 1 aromatic rings. The van der Waals surface area contributed by atoms with E-state index in [4.69, 9.17) is 9.47 Å². The van der Waals surface area contributed by atoms with Crippen LogP contribution in [-0.4, -0.2) is 46.5 Å². The monoisotopic (exact) mass is 1130 g/mol. The number of carbonyl (C=O) groups excluding carboxylic acids is 4. The van der Waals surface area contributed by atoms with Gasteiger partial charge in [-0.25, -0.2) is 0 Å². The van der Waals surface area contributed by atoms with Crippen molar-refractivity contribution in [2.24, 2.45) is 59.2 Å². The van der Waals surface area contributed by atoms with Crippen LogP contribution in [0, 0.1) is 59.2 Å². The summed E-state index contributed by atoms with van der Waals surface area (Å²) in [6, 6.07) is 4.83. The minimum absolute atomic E-state index is 0.0495. The van der Waals surface area contributed by atoms with Crippen molar-refractivity contribution in [1.29, 1.82) is 0 Å². The molecule has 6 fully saturated rings. The lowest BCUT2D eigenvalue weighted by molar-refractivity contribution is -0.142. The highest BCUT2D eigenvalue weighted by Crippen LogP contribution is 2.68. The van der Waals surface area contributed by atoms with Crippen LogP contribution in [0.5, 0.6) is 0 Å². The van der Waals surface area contributed by atoms with Crippen LogP contribution in [0.15, 0.2) is 12.1 Å². The number of ether oxygens (including phenoxy) is 2. The van der Waals surface area contributed by atoms with Gasteiger partial charge in [-0.3, -0.25) is 29.0 Å². The molecule has 2 saturated carbocycles. The maximum atomic E-state index is 14.5. The van der Waals surface area contributed by atoms with Gasteiger partial charge in [-0.15, -0.1) is 0 Å². The van der Waals surface area contributed by atoms with Crippen LogP contribution in [0.3, 0.4) is 0 Å². The van der Waals surface area contributed by atoms with Crippen LogP contribution < -0.4 is 0 Å². The normalized spacial score (nSPS) is 29.0. The summed E-state index contributed by atoms with van der Waals surface area (Å²) in [7, 11) is 0. The molecule has 14 atom stereocenters. The van der Waals surface area contributed by atoms with Gasteiger partial charge in [-0.1, -0.05) is 259 Å². The third-order valence-electron chi connectivity index (χ3n) is 22.9. The van der Waals surface area contributed by atoms with Crippen LogP contribution in [0.2, 0.25) is 0 Å². The third-order valence-corrected chi connectivity index (χ3v) is 22.9. The van der Waals surface area contributed by atoms with Gasteiger partial charge < -0.3 is 9.47 Å². The number of unbranched alkanes of at least 4 members (excludes halogenated alkanes) is 32. The summed E-state index contributed by atoms with van der Waals surface area (Å²) in [5.41, 5.74) is 5.12. The maximum Gasteiger partial charge on any atom is 0.233 e. The Labute approximate surface area is 501 Å². The van der Waals surface area contributed by atoms with Gasteiger partial charge in [0, 0.05) is 13.1 Å². The second-order valence-corrected chi connectivity index (χ2v) is 28.9. The number of nitrogens with zero attached hydrogens (tertiary/aromatic N) is 2. The zero-order chi connectivity index (χ0) is 57.2. The zero-order valence-electron chi connectivity index (χ0n) is 53.1. The molecule has 6 aliphatic heterocycles. The van der Waals surface area contributed by atoms with Crippen molar-refractivity contribution < 1.29 is 28.7 Å². The van der Waals surface area contributed by atoms with Crippen LogP contribution in [0.25, 0.3) is 0 Å². The van der Waals surface area contributed by atoms with Crippen molar-refractivity contribution in [3.05, 3.63) is 34.4 Å². The molecular formula is C74H120N2O6. The van der Waals surface area contributed by atoms with Crippen molar-refractivity contribution in [2.45, 2.75) is 335 Å². The van der Waals surface area contributed by atoms with E-state index in [1.165, 1.54) is 253 Å². The molecule has 14 unspecified atom stereocenters. The van der Waals surface area contributed by atoms with Crippen molar-refractivity contribution in [3.63, 3.8) is 0 Å². The average molecular weight is 1130 g/mol. The Kier molecular flexibility index (Phi) is 25.7. The Bertz CT molecular complexity index is 1900. The Balaban J connectivity index is 0.785. The summed E-state index contributed by atoms with van der Waals surface area (Å²) in [6.45, 7) is 10.4. The minimum Gasteiger partial charge on any atom is -0.365 e. The molecule has 8 aliphatic rings. The topological polar surface area (TPSA) is 93.2 Å². The van der Waals surface area contributed by atoms with E-state index < -0.39 is 0 Å². The summed E-state index contributed by atoms with van der Waals surface area (Å²) in [5, 5.41) is 0. The lowest BCUT2D eigenvalue weighted by Crippen LogP contribution is -2.37.